The molecule has 0 spiro atoms. The van der Waals surface area contributed by atoms with E-state index in [9.17, 15) is 9.59 Å². The summed E-state index contributed by atoms with van der Waals surface area (Å²) >= 11 is 0. The van der Waals surface area contributed by atoms with E-state index < -0.39 is 0 Å². The Morgan fingerprint density at radius 3 is 2.65 bits per heavy atom. The Morgan fingerprint density at radius 2 is 2.00 bits per heavy atom. The minimum Gasteiger partial charge on any atom is -0.460 e. The number of rotatable bonds is 7. The normalized spacial score (nSPS) is 17.8. The van der Waals surface area contributed by atoms with Crippen molar-refractivity contribution in [1.29, 1.82) is 0 Å². The van der Waals surface area contributed by atoms with Crippen LogP contribution in [0.25, 0.3) is 0 Å². The van der Waals surface area contributed by atoms with E-state index in [1.807, 2.05) is 19.1 Å². The highest BCUT2D eigenvalue weighted by atomic mass is 16.6. The number of esters is 1. The molecular weight excluding hydrogens is 296 g/mol. The lowest BCUT2D eigenvalue weighted by Gasteiger charge is -2.33. The number of anilines is 1. The van der Waals surface area contributed by atoms with Crippen molar-refractivity contribution in [2.45, 2.75) is 19.8 Å². The van der Waals surface area contributed by atoms with Crippen LogP contribution in [0.5, 0.6) is 0 Å². The van der Waals surface area contributed by atoms with Crippen LogP contribution in [0.3, 0.4) is 0 Å². The number of carbonyl (C=O) groups excluding carboxylic acids is 2. The monoisotopic (exact) mass is 320 g/mol. The third-order valence-electron chi connectivity index (χ3n) is 3.96. The van der Waals surface area contributed by atoms with Gasteiger partial charge in [-0.05, 0) is 44.0 Å². The van der Waals surface area contributed by atoms with Gasteiger partial charge in [-0.25, -0.2) is 4.79 Å². The van der Waals surface area contributed by atoms with Gasteiger partial charge in [0.25, 0.3) is 0 Å². The Morgan fingerprint density at radius 1 is 1.26 bits per heavy atom. The maximum atomic E-state index is 11.9. The number of carbonyl (C=O) groups is 2. The molecule has 0 bridgehead atoms. The average Bonchev–Trinajstić information content (AvgIpc) is 2.59. The Balaban J connectivity index is 1.91. The summed E-state index contributed by atoms with van der Waals surface area (Å²) in [5.41, 5.74) is 6.90. The van der Waals surface area contributed by atoms with Crippen LogP contribution in [0.15, 0.2) is 24.3 Å². The molecule has 2 rings (SSSR count). The van der Waals surface area contributed by atoms with E-state index in [-0.39, 0.29) is 24.4 Å². The molecule has 0 aliphatic carbocycles. The van der Waals surface area contributed by atoms with E-state index >= 15 is 0 Å². The molecule has 1 aromatic carbocycles. The van der Waals surface area contributed by atoms with Crippen molar-refractivity contribution < 1.29 is 19.1 Å². The summed E-state index contributed by atoms with van der Waals surface area (Å²) < 4.78 is 10.3. The number of hydrogen-bond acceptors (Lipinski definition) is 5. The van der Waals surface area contributed by atoms with Crippen LogP contribution in [0.2, 0.25) is 0 Å². The van der Waals surface area contributed by atoms with E-state index in [2.05, 4.69) is 4.90 Å². The van der Waals surface area contributed by atoms with E-state index in [0.717, 1.165) is 25.1 Å². The molecule has 1 unspecified atom stereocenters. The van der Waals surface area contributed by atoms with Crippen molar-refractivity contribution in [3.8, 4) is 0 Å². The van der Waals surface area contributed by atoms with Gasteiger partial charge in [-0.15, -0.1) is 0 Å². The zero-order chi connectivity index (χ0) is 16.7. The summed E-state index contributed by atoms with van der Waals surface area (Å²) in [5, 5.41) is 0. The van der Waals surface area contributed by atoms with Crippen molar-refractivity contribution in [2.24, 2.45) is 11.7 Å². The number of piperidine rings is 1. The predicted octanol–water partition coefficient (Wildman–Crippen LogP) is 1.58. The second-order valence-electron chi connectivity index (χ2n) is 5.57. The number of nitrogens with two attached hydrogens (primary N) is 1. The van der Waals surface area contributed by atoms with Crippen LogP contribution < -0.4 is 10.6 Å². The van der Waals surface area contributed by atoms with Gasteiger partial charge in [-0.3, -0.25) is 4.79 Å². The maximum absolute atomic E-state index is 11.9. The molecule has 1 amide bonds. The second kappa shape index (κ2) is 8.53. The van der Waals surface area contributed by atoms with Gasteiger partial charge < -0.3 is 20.1 Å². The molecule has 6 heteroatoms. The second-order valence-corrected chi connectivity index (χ2v) is 5.57. The third kappa shape index (κ3) is 4.96. The molecule has 6 nitrogen and oxygen atoms in total. The highest BCUT2D eigenvalue weighted by Gasteiger charge is 2.24. The summed E-state index contributed by atoms with van der Waals surface area (Å²) in [6.45, 7) is 4.68. The zero-order valence-electron chi connectivity index (χ0n) is 13.5. The van der Waals surface area contributed by atoms with E-state index in [1.165, 1.54) is 0 Å². The number of benzene rings is 1. The number of primary amides is 1. The van der Waals surface area contributed by atoms with Crippen LogP contribution in [0.1, 0.15) is 30.1 Å². The van der Waals surface area contributed by atoms with E-state index in [0.29, 0.717) is 25.3 Å². The van der Waals surface area contributed by atoms with Crippen LogP contribution in [0, 0.1) is 5.92 Å². The Bertz CT molecular complexity index is 530. The van der Waals surface area contributed by atoms with Crippen molar-refractivity contribution in [3.05, 3.63) is 29.8 Å². The Kier molecular flexibility index (Phi) is 6.40. The average molecular weight is 320 g/mol. The van der Waals surface area contributed by atoms with Crippen LogP contribution in [-0.2, 0) is 14.3 Å². The highest BCUT2D eigenvalue weighted by Crippen LogP contribution is 2.23. The lowest BCUT2D eigenvalue weighted by Crippen LogP contribution is -2.41. The molecule has 0 saturated carbocycles. The lowest BCUT2D eigenvalue weighted by molar-refractivity contribution is -0.122. The molecule has 1 aromatic rings. The first kappa shape index (κ1) is 17.3. The SMILES string of the molecule is CCOCCOC(=O)c1ccc(N2CCCC(C(N)=O)C2)cc1. The van der Waals surface area contributed by atoms with Crippen molar-refractivity contribution in [3.63, 3.8) is 0 Å². The molecule has 1 heterocycles. The van der Waals surface area contributed by atoms with Gasteiger partial charge in [0.2, 0.25) is 5.91 Å². The van der Waals surface area contributed by atoms with Crippen LogP contribution in [0.4, 0.5) is 5.69 Å². The highest BCUT2D eigenvalue weighted by molar-refractivity contribution is 5.89. The fraction of sp³-hybridized carbons (Fsp3) is 0.529. The molecule has 1 aliphatic heterocycles. The molecule has 1 atom stereocenters. The summed E-state index contributed by atoms with van der Waals surface area (Å²) in [5.74, 6) is -0.707. The van der Waals surface area contributed by atoms with Crippen molar-refractivity contribution in [2.75, 3.05) is 37.8 Å². The minimum absolute atomic E-state index is 0.105. The molecule has 1 fully saturated rings. The summed E-state index contributed by atoms with van der Waals surface area (Å²) in [7, 11) is 0. The molecule has 1 aliphatic rings. The fourth-order valence-electron chi connectivity index (χ4n) is 2.67. The number of nitrogens with zero attached hydrogens (tertiary/aromatic N) is 1. The van der Waals surface area contributed by atoms with E-state index in [1.54, 1.807) is 12.1 Å². The number of hydrogen-bond donors (Lipinski definition) is 1. The molecule has 1 saturated heterocycles. The number of amides is 1. The third-order valence-corrected chi connectivity index (χ3v) is 3.96. The van der Waals surface area contributed by atoms with Crippen LogP contribution >= 0.6 is 0 Å². The fourth-order valence-corrected chi connectivity index (χ4v) is 2.67. The molecular formula is C17H24N2O4. The Labute approximate surface area is 136 Å². The molecule has 2 N–H and O–H groups in total. The maximum Gasteiger partial charge on any atom is 0.338 e. The summed E-state index contributed by atoms with van der Waals surface area (Å²) in [6, 6.07) is 7.24. The van der Waals surface area contributed by atoms with Crippen molar-refractivity contribution in [1.82, 2.24) is 0 Å². The van der Waals surface area contributed by atoms with Gasteiger partial charge in [0.1, 0.15) is 6.61 Å². The van der Waals surface area contributed by atoms with Gasteiger partial charge in [-0.2, -0.15) is 0 Å². The zero-order valence-corrected chi connectivity index (χ0v) is 13.5. The molecule has 0 aromatic heterocycles. The quantitative estimate of drug-likeness (QED) is 0.609. The Hall–Kier alpha value is -2.08. The molecule has 23 heavy (non-hydrogen) atoms. The first-order chi connectivity index (χ1) is 11.1. The topological polar surface area (TPSA) is 81.9 Å². The first-order valence-electron chi connectivity index (χ1n) is 8.01. The largest absolute Gasteiger partial charge is 0.460 e. The lowest BCUT2D eigenvalue weighted by atomic mass is 9.97. The van der Waals surface area contributed by atoms with Crippen LogP contribution in [-0.4, -0.2) is 44.8 Å². The standard InChI is InChI=1S/C17H24N2O4/c1-2-22-10-11-23-17(21)13-5-7-15(8-6-13)19-9-3-4-14(12-19)16(18)20/h5-8,14H,2-4,9-12H2,1H3,(H2,18,20). The summed E-state index contributed by atoms with van der Waals surface area (Å²) in [4.78, 5) is 25.4. The predicted molar refractivity (Wildman–Crippen MR) is 87.3 cm³/mol. The van der Waals surface area contributed by atoms with E-state index in [4.69, 9.17) is 15.2 Å². The van der Waals surface area contributed by atoms with Gasteiger partial charge in [0.05, 0.1) is 18.1 Å². The first-order valence-corrected chi connectivity index (χ1v) is 8.01. The van der Waals surface area contributed by atoms with Gasteiger partial charge in [0, 0.05) is 25.4 Å². The van der Waals surface area contributed by atoms with Gasteiger partial charge in [0.15, 0.2) is 0 Å². The molecule has 0 radical (unpaired) electrons. The summed E-state index contributed by atoms with van der Waals surface area (Å²) in [6.07, 6.45) is 1.78. The molecule has 126 valence electrons. The minimum atomic E-state index is -0.357. The van der Waals surface area contributed by atoms with Gasteiger partial charge in [-0.1, -0.05) is 0 Å². The van der Waals surface area contributed by atoms with Crippen molar-refractivity contribution >= 4 is 17.6 Å². The van der Waals surface area contributed by atoms with Gasteiger partial charge >= 0.3 is 5.97 Å². The number of ether oxygens (including phenoxy) is 2. The smallest absolute Gasteiger partial charge is 0.338 e.